The molecule has 1 aromatic carbocycles. The second kappa shape index (κ2) is 5.82. The summed E-state index contributed by atoms with van der Waals surface area (Å²) in [7, 11) is 1.73. The molecule has 1 fully saturated rings. The fraction of sp³-hybridized carbons (Fsp3) is 0.500. The maximum Gasteiger partial charge on any atom is 0.100 e. The second-order valence-electron chi connectivity index (χ2n) is 4.43. The lowest BCUT2D eigenvalue weighted by Gasteiger charge is -2.31. The van der Waals surface area contributed by atoms with E-state index in [9.17, 15) is 0 Å². The Labute approximate surface area is 103 Å². The van der Waals surface area contributed by atoms with E-state index in [2.05, 4.69) is 23.1 Å². The van der Waals surface area contributed by atoms with Crippen molar-refractivity contribution in [3.8, 4) is 0 Å². The fourth-order valence-electron chi connectivity index (χ4n) is 2.30. The van der Waals surface area contributed by atoms with Gasteiger partial charge in [0.25, 0.3) is 0 Å². The van der Waals surface area contributed by atoms with E-state index in [0.717, 1.165) is 38.2 Å². The molecule has 1 aliphatic heterocycles. The first-order chi connectivity index (χ1) is 8.33. The number of benzene rings is 1. The Bertz CT molecular complexity index is 390. The third-order valence-electron chi connectivity index (χ3n) is 3.23. The third-order valence-corrected chi connectivity index (χ3v) is 3.23. The lowest BCUT2D eigenvalue weighted by molar-refractivity contribution is 0.202. The van der Waals surface area contributed by atoms with Gasteiger partial charge >= 0.3 is 0 Å². The highest BCUT2D eigenvalue weighted by molar-refractivity contribution is 5.96. The van der Waals surface area contributed by atoms with Crippen molar-refractivity contribution in [2.45, 2.75) is 25.7 Å². The van der Waals surface area contributed by atoms with Crippen LogP contribution in [0.25, 0.3) is 0 Å². The number of ether oxygens (including phenoxy) is 1. The maximum absolute atomic E-state index is 8.05. The van der Waals surface area contributed by atoms with Crippen LogP contribution in [0.2, 0.25) is 0 Å². The number of piperidine rings is 1. The van der Waals surface area contributed by atoms with Gasteiger partial charge < -0.3 is 9.64 Å². The molecule has 92 valence electrons. The molecule has 0 radical (unpaired) electrons. The first kappa shape index (κ1) is 12.1. The highest BCUT2D eigenvalue weighted by Crippen LogP contribution is 2.25. The summed E-state index contributed by atoms with van der Waals surface area (Å²) in [6.07, 6.45) is 4.14. The minimum Gasteiger partial charge on any atom is -0.384 e. The summed E-state index contributed by atoms with van der Waals surface area (Å²) in [6.45, 7) is 1.71. The first-order valence-electron chi connectivity index (χ1n) is 6.24. The Morgan fingerprint density at radius 2 is 2.12 bits per heavy atom. The molecular weight excluding hydrogens is 212 g/mol. The minimum atomic E-state index is 0.734. The minimum absolute atomic E-state index is 0.734. The van der Waals surface area contributed by atoms with E-state index in [-0.39, 0.29) is 0 Å². The molecule has 1 saturated heterocycles. The van der Waals surface area contributed by atoms with Crippen LogP contribution in [0.5, 0.6) is 0 Å². The van der Waals surface area contributed by atoms with Gasteiger partial charge in [-0.2, -0.15) is 0 Å². The van der Waals surface area contributed by atoms with Crippen LogP contribution in [0.3, 0.4) is 0 Å². The lowest BCUT2D eigenvalue weighted by Crippen LogP contribution is -2.35. The zero-order valence-corrected chi connectivity index (χ0v) is 10.4. The maximum atomic E-state index is 8.05. The molecule has 0 atom stereocenters. The molecule has 17 heavy (non-hydrogen) atoms. The van der Waals surface area contributed by atoms with Crippen molar-refractivity contribution in [2.75, 3.05) is 25.2 Å². The van der Waals surface area contributed by atoms with Crippen molar-refractivity contribution in [3.05, 3.63) is 29.8 Å². The molecular formula is C14H20N2O. The number of hydrogen-bond donors (Lipinski definition) is 1. The van der Waals surface area contributed by atoms with Gasteiger partial charge in [0, 0.05) is 25.8 Å². The Morgan fingerprint density at radius 1 is 1.29 bits per heavy atom. The summed E-state index contributed by atoms with van der Waals surface area (Å²) in [5.41, 5.74) is 2.47. The van der Waals surface area contributed by atoms with E-state index >= 15 is 0 Å². The van der Waals surface area contributed by atoms with E-state index < -0.39 is 0 Å². The molecule has 3 heteroatoms. The molecule has 0 spiro atoms. The van der Waals surface area contributed by atoms with Crippen LogP contribution in [-0.2, 0) is 11.2 Å². The summed E-state index contributed by atoms with van der Waals surface area (Å²) < 4.78 is 5.14. The van der Waals surface area contributed by atoms with Crippen LogP contribution in [0, 0.1) is 5.41 Å². The topological polar surface area (TPSA) is 36.3 Å². The van der Waals surface area contributed by atoms with Gasteiger partial charge in [0.1, 0.15) is 5.84 Å². The molecule has 3 nitrogen and oxygen atoms in total. The largest absolute Gasteiger partial charge is 0.384 e. The molecule has 0 saturated carbocycles. The van der Waals surface area contributed by atoms with Crippen LogP contribution in [-0.4, -0.2) is 26.1 Å². The molecule has 0 aliphatic carbocycles. The predicted octanol–water partition coefficient (Wildman–Crippen LogP) is 2.84. The Balaban J connectivity index is 2.20. The van der Waals surface area contributed by atoms with Gasteiger partial charge in [-0.15, -0.1) is 0 Å². The summed E-state index contributed by atoms with van der Waals surface area (Å²) in [6, 6.07) is 8.36. The first-order valence-corrected chi connectivity index (χ1v) is 6.24. The zero-order valence-electron chi connectivity index (χ0n) is 10.4. The van der Waals surface area contributed by atoms with Crippen molar-refractivity contribution in [1.82, 2.24) is 0 Å². The van der Waals surface area contributed by atoms with Crippen molar-refractivity contribution in [3.63, 3.8) is 0 Å². The number of anilines is 1. The van der Waals surface area contributed by atoms with Gasteiger partial charge in [0.05, 0.1) is 6.61 Å². The van der Waals surface area contributed by atoms with Gasteiger partial charge in [-0.1, -0.05) is 18.2 Å². The highest BCUT2D eigenvalue weighted by atomic mass is 16.5. The fourth-order valence-corrected chi connectivity index (χ4v) is 2.30. The van der Waals surface area contributed by atoms with E-state index in [0.29, 0.717) is 0 Å². The van der Waals surface area contributed by atoms with Crippen molar-refractivity contribution < 1.29 is 4.74 Å². The summed E-state index contributed by atoms with van der Waals surface area (Å²) >= 11 is 0. The quantitative estimate of drug-likeness (QED) is 0.866. The van der Waals surface area contributed by atoms with Crippen LogP contribution in [0.4, 0.5) is 5.69 Å². The molecule has 0 amide bonds. The summed E-state index contributed by atoms with van der Waals surface area (Å²) in [5.74, 6) is 0.751. The molecule has 1 N–H and O–H groups in total. The number of rotatable bonds is 4. The van der Waals surface area contributed by atoms with E-state index in [1.54, 1.807) is 7.11 Å². The van der Waals surface area contributed by atoms with Gasteiger partial charge in [-0.05, 0) is 30.9 Å². The Hall–Kier alpha value is -1.35. The molecule has 0 bridgehead atoms. The molecule has 2 rings (SSSR count). The number of amidine groups is 1. The smallest absolute Gasteiger partial charge is 0.100 e. The van der Waals surface area contributed by atoms with E-state index in [1.165, 1.54) is 17.7 Å². The predicted molar refractivity (Wildman–Crippen MR) is 70.9 cm³/mol. The van der Waals surface area contributed by atoms with Crippen LogP contribution >= 0.6 is 0 Å². The van der Waals surface area contributed by atoms with Gasteiger partial charge in [0.15, 0.2) is 0 Å². The van der Waals surface area contributed by atoms with Gasteiger partial charge in [-0.3, -0.25) is 5.41 Å². The molecule has 0 unspecified atom stereocenters. The van der Waals surface area contributed by atoms with Gasteiger partial charge in [0.2, 0.25) is 0 Å². The second-order valence-corrected chi connectivity index (χ2v) is 4.43. The van der Waals surface area contributed by atoms with Crippen LogP contribution < -0.4 is 4.90 Å². The highest BCUT2D eigenvalue weighted by Gasteiger charge is 2.18. The number of hydrogen-bond acceptors (Lipinski definition) is 2. The average molecular weight is 232 g/mol. The summed E-state index contributed by atoms with van der Waals surface area (Å²) in [4.78, 5) is 2.15. The van der Waals surface area contributed by atoms with E-state index in [1.807, 2.05) is 6.07 Å². The number of nitrogens with one attached hydrogen (secondary N) is 1. The normalized spacial score (nSPS) is 16.3. The van der Waals surface area contributed by atoms with Crippen molar-refractivity contribution >= 4 is 11.5 Å². The monoisotopic (exact) mass is 232 g/mol. The third kappa shape index (κ3) is 2.86. The number of para-hydroxylation sites is 1. The van der Waals surface area contributed by atoms with Crippen LogP contribution in [0.15, 0.2) is 24.3 Å². The zero-order chi connectivity index (χ0) is 12.1. The molecule has 1 aromatic rings. The van der Waals surface area contributed by atoms with Gasteiger partial charge in [-0.25, -0.2) is 0 Å². The lowest BCUT2D eigenvalue weighted by atomic mass is 10.0. The number of methoxy groups -OCH3 is 1. The Kier molecular flexibility index (Phi) is 4.15. The molecule has 1 heterocycles. The molecule has 0 aromatic heterocycles. The Morgan fingerprint density at radius 3 is 2.88 bits per heavy atom. The SMILES string of the molecule is COCCc1ccccc1N1CCCCC1=N. The van der Waals surface area contributed by atoms with Crippen LogP contribution in [0.1, 0.15) is 24.8 Å². The summed E-state index contributed by atoms with van der Waals surface area (Å²) in [5, 5.41) is 8.05. The average Bonchev–Trinajstić information content (AvgIpc) is 2.37. The van der Waals surface area contributed by atoms with Crippen molar-refractivity contribution in [1.29, 1.82) is 5.41 Å². The van der Waals surface area contributed by atoms with E-state index in [4.69, 9.17) is 10.1 Å². The molecule has 1 aliphatic rings. The van der Waals surface area contributed by atoms with Crippen molar-refractivity contribution in [2.24, 2.45) is 0 Å². The number of nitrogens with zero attached hydrogens (tertiary/aromatic N) is 1. The standard InChI is InChI=1S/C14H20N2O/c1-17-11-9-12-6-2-3-7-13(12)16-10-5-4-8-14(16)15/h2-3,6-7,15H,4-5,8-11H2,1H3.